The second-order valence-electron chi connectivity index (χ2n) is 6.83. The third-order valence-electron chi connectivity index (χ3n) is 4.49. The summed E-state index contributed by atoms with van der Waals surface area (Å²) in [4.78, 5) is 2.64. The fourth-order valence-corrected chi connectivity index (χ4v) is 2.81. The van der Waals surface area contributed by atoms with Crippen molar-refractivity contribution < 1.29 is 0 Å². The second kappa shape index (κ2) is 6.73. The lowest BCUT2D eigenvalue weighted by Gasteiger charge is -2.34. The van der Waals surface area contributed by atoms with Gasteiger partial charge < -0.3 is 5.73 Å². The van der Waals surface area contributed by atoms with Gasteiger partial charge in [0.25, 0.3) is 0 Å². The summed E-state index contributed by atoms with van der Waals surface area (Å²) in [6.07, 6.45) is 3.97. The van der Waals surface area contributed by atoms with Crippen LogP contribution in [0.25, 0.3) is 0 Å². The summed E-state index contributed by atoms with van der Waals surface area (Å²) in [6, 6.07) is 10.0. The average Bonchev–Trinajstić information content (AvgIpc) is 3.23. The predicted octanol–water partition coefficient (Wildman–Crippen LogP) is 3.89. The number of rotatable bonds is 7. The van der Waals surface area contributed by atoms with Crippen LogP contribution in [0.4, 0.5) is 0 Å². The third-order valence-corrected chi connectivity index (χ3v) is 4.49. The van der Waals surface area contributed by atoms with E-state index in [4.69, 9.17) is 5.73 Å². The Bertz CT molecular complexity index is 406. The van der Waals surface area contributed by atoms with Gasteiger partial charge in [0.15, 0.2) is 0 Å². The first-order valence-corrected chi connectivity index (χ1v) is 8.07. The molecule has 0 aromatic heterocycles. The molecule has 1 aliphatic rings. The van der Waals surface area contributed by atoms with Crippen LogP contribution in [0.2, 0.25) is 0 Å². The monoisotopic (exact) mass is 274 g/mol. The van der Waals surface area contributed by atoms with E-state index in [0.717, 1.165) is 12.0 Å². The van der Waals surface area contributed by atoms with Gasteiger partial charge in [0.1, 0.15) is 0 Å². The van der Waals surface area contributed by atoms with E-state index in [1.54, 1.807) is 0 Å². The highest BCUT2D eigenvalue weighted by molar-refractivity contribution is 5.25. The molecule has 1 aromatic rings. The van der Waals surface area contributed by atoms with Gasteiger partial charge >= 0.3 is 0 Å². The van der Waals surface area contributed by atoms with Crippen LogP contribution >= 0.6 is 0 Å². The van der Waals surface area contributed by atoms with Gasteiger partial charge in [-0.25, -0.2) is 0 Å². The van der Waals surface area contributed by atoms with Crippen molar-refractivity contribution in [2.24, 2.45) is 11.7 Å². The summed E-state index contributed by atoms with van der Waals surface area (Å²) in [5.74, 6) is 0.763. The Balaban J connectivity index is 2.02. The zero-order chi connectivity index (χ0) is 14.7. The Morgan fingerprint density at radius 1 is 1.15 bits per heavy atom. The molecule has 20 heavy (non-hydrogen) atoms. The first-order chi connectivity index (χ1) is 9.49. The largest absolute Gasteiger partial charge is 0.323 e. The van der Waals surface area contributed by atoms with E-state index in [2.05, 4.69) is 56.9 Å². The molecule has 0 spiro atoms. The summed E-state index contributed by atoms with van der Waals surface area (Å²) >= 11 is 0. The molecule has 1 aliphatic carbocycles. The zero-order valence-corrected chi connectivity index (χ0v) is 13.5. The van der Waals surface area contributed by atoms with Crippen LogP contribution in [-0.2, 0) is 0 Å². The summed E-state index contributed by atoms with van der Waals surface area (Å²) in [5.41, 5.74) is 9.08. The van der Waals surface area contributed by atoms with Gasteiger partial charge in [0.05, 0.1) is 0 Å². The maximum Gasteiger partial charge on any atom is 0.0450 e. The summed E-state index contributed by atoms with van der Waals surface area (Å²) in [5, 5.41) is 0. The number of nitrogens with zero attached hydrogens (tertiary/aromatic N) is 1. The van der Waals surface area contributed by atoms with Gasteiger partial charge in [-0.05, 0) is 51.1 Å². The molecule has 0 heterocycles. The Kier molecular flexibility index (Phi) is 5.22. The summed E-state index contributed by atoms with van der Waals surface area (Å²) < 4.78 is 0. The smallest absolute Gasteiger partial charge is 0.0450 e. The molecule has 0 bridgehead atoms. The Morgan fingerprint density at radius 3 is 2.25 bits per heavy atom. The van der Waals surface area contributed by atoms with E-state index in [1.807, 2.05) is 0 Å². The van der Waals surface area contributed by atoms with Gasteiger partial charge in [0, 0.05) is 18.1 Å². The molecule has 2 rings (SSSR count). The van der Waals surface area contributed by atoms with Crippen LogP contribution in [-0.4, -0.2) is 23.5 Å². The molecule has 2 N–H and O–H groups in total. The van der Waals surface area contributed by atoms with Crippen LogP contribution < -0.4 is 5.73 Å². The first-order valence-electron chi connectivity index (χ1n) is 8.07. The molecule has 0 aliphatic heterocycles. The minimum Gasteiger partial charge on any atom is -0.323 e. The molecule has 112 valence electrons. The number of hydrogen-bond donors (Lipinski definition) is 1. The van der Waals surface area contributed by atoms with Crippen LogP contribution in [0.1, 0.15) is 57.2 Å². The van der Waals surface area contributed by atoms with Crippen molar-refractivity contribution in [2.45, 2.75) is 65.1 Å². The third kappa shape index (κ3) is 4.07. The zero-order valence-electron chi connectivity index (χ0n) is 13.5. The number of nitrogens with two attached hydrogens (primary N) is 1. The molecule has 1 saturated carbocycles. The molecule has 2 atom stereocenters. The number of benzene rings is 1. The van der Waals surface area contributed by atoms with Crippen LogP contribution in [0, 0.1) is 12.8 Å². The maximum absolute atomic E-state index is 6.52. The molecule has 1 aromatic carbocycles. The Hall–Kier alpha value is -0.860. The first kappa shape index (κ1) is 15.5. The molecule has 2 unspecified atom stereocenters. The van der Waals surface area contributed by atoms with Gasteiger partial charge in [-0.1, -0.05) is 43.7 Å². The van der Waals surface area contributed by atoms with E-state index in [9.17, 15) is 0 Å². The fraction of sp³-hybridized carbons (Fsp3) is 0.667. The Morgan fingerprint density at radius 2 is 1.75 bits per heavy atom. The minimum absolute atomic E-state index is 0.114. The van der Waals surface area contributed by atoms with E-state index >= 15 is 0 Å². The van der Waals surface area contributed by atoms with Crippen LogP contribution in [0.5, 0.6) is 0 Å². The van der Waals surface area contributed by atoms with Crippen LogP contribution in [0.15, 0.2) is 24.3 Å². The standard InChI is InChI=1S/C18H30N2/c1-13(2)11-12-20(17-9-10-17)15(4)18(19)16-7-5-14(3)6-8-16/h5-8,13,15,17-18H,9-12,19H2,1-4H3. The van der Waals surface area contributed by atoms with Gasteiger partial charge in [-0.3, -0.25) is 4.90 Å². The summed E-state index contributed by atoms with van der Waals surface area (Å²) in [6.45, 7) is 10.2. The Labute approximate surface area is 124 Å². The molecular formula is C18H30N2. The van der Waals surface area contributed by atoms with Crippen LogP contribution in [0.3, 0.4) is 0 Å². The number of aryl methyl sites for hydroxylation is 1. The second-order valence-corrected chi connectivity index (χ2v) is 6.83. The molecular weight excluding hydrogens is 244 g/mol. The average molecular weight is 274 g/mol. The normalized spacial score (nSPS) is 18.6. The minimum atomic E-state index is 0.114. The highest BCUT2D eigenvalue weighted by atomic mass is 15.2. The quantitative estimate of drug-likeness (QED) is 0.817. The molecule has 0 saturated heterocycles. The lowest BCUT2D eigenvalue weighted by molar-refractivity contribution is 0.165. The molecule has 0 radical (unpaired) electrons. The van der Waals surface area contributed by atoms with Gasteiger partial charge in [0.2, 0.25) is 0 Å². The van der Waals surface area contributed by atoms with Crippen molar-refractivity contribution >= 4 is 0 Å². The van der Waals surface area contributed by atoms with E-state index in [1.165, 1.54) is 36.9 Å². The van der Waals surface area contributed by atoms with Crippen molar-refractivity contribution in [2.75, 3.05) is 6.54 Å². The highest BCUT2D eigenvalue weighted by Crippen LogP contribution is 2.32. The summed E-state index contributed by atoms with van der Waals surface area (Å²) in [7, 11) is 0. The lowest BCUT2D eigenvalue weighted by Crippen LogP contribution is -2.43. The van der Waals surface area contributed by atoms with Gasteiger partial charge in [-0.15, -0.1) is 0 Å². The van der Waals surface area contributed by atoms with E-state index in [0.29, 0.717) is 6.04 Å². The van der Waals surface area contributed by atoms with Gasteiger partial charge in [-0.2, -0.15) is 0 Å². The van der Waals surface area contributed by atoms with E-state index < -0.39 is 0 Å². The molecule has 1 fully saturated rings. The fourth-order valence-electron chi connectivity index (χ4n) is 2.81. The number of hydrogen-bond acceptors (Lipinski definition) is 2. The predicted molar refractivity (Wildman–Crippen MR) is 86.8 cm³/mol. The van der Waals surface area contributed by atoms with Crippen molar-refractivity contribution in [1.29, 1.82) is 0 Å². The van der Waals surface area contributed by atoms with Crippen molar-refractivity contribution in [3.05, 3.63) is 35.4 Å². The van der Waals surface area contributed by atoms with E-state index in [-0.39, 0.29) is 6.04 Å². The molecule has 2 nitrogen and oxygen atoms in total. The maximum atomic E-state index is 6.52. The van der Waals surface area contributed by atoms with Crippen molar-refractivity contribution in [3.8, 4) is 0 Å². The van der Waals surface area contributed by atoms with Crippen molar-refractivity contribution in [1.82, 2.24) is 4.90 Å². The molecule has 2 heteroatoms. The highest BCUT2D eigenvalue weighted by Gasteiger charge is 2.34. The topological polar surface area (TPSA) is 29.3 Å². The van der Waals surface area contributed by atoms with Crippen molar-refractivity contribution in [3.63, 3.8) is 0 Å². The molecule has 0 amide bonds. The lowest BCUT2D eigenvalue weighted by atomic mass is 9.98. The SMILES string of the molecule is Cc1ccc(C(N)C(C)N(CCC(C)C)C2CC2)cc1.